The topological polar surface area (TPSA) is 46.3 Å². The molecule has 134 valence electrons. The minimum atomic E-state index is -0.350. The van der Waals surface area contributed by atoms with Gasteiger partial charge in [-0.2, -0.15) is 0 Å². The summed E-state index contributed by atoms with van der Waals surface area (Å²) in [6.07, 6.45) is 5.67. The van der Waals surface area contributed by atoms with E-state index in [1.54, 1.807) is 18.4 Å². The Kier molecular flexibility index (Phi) is 4.45. The first-order valence-electron chi connectivity index (χ1n) is 9.05. The van der Waals surface area contributed by atoms with E-state index in [0.717, 1.165) is 31.4 Å². The molecule has 1 atom stereocenters. The summed E-state index contributed by atoms with van der Waals surface area (Å²) in [5, 5.41) is 0.685. The summed E-state index contributed by atoms with van der Waals surface area (Å²) in [6, 6.07) is 9.92. The van der Waals surface area contributed by atoms with Gasteiger partial charge in [-0.05, 0) is 50.1 Å². The lowest BCUT2D eigenvalue weighted by Crippen LogP contribution is -2.35. The molecule has 4 nitrogen and oxygen atoms in total. The maximum atomic E-state index is 13.6. The Morgan fingerprint density at radius 3 is 2.92 bits per heavy atom. The molecule has 0 radical (unpaired) electrons. The van der Waals surface area contributed by atoms with Gasteiger partial charge in [0.1, 0.15) is 11.6 Å². The Bertz CT molecular complexity index is 931. The molecule has 5 heteroatoms. The summed E-state index contributed by atoms with van der Waals surface area (Å²) in [7, 11) is 0. The molecule has 1 saturated heterocycles. The van der Waals surface area contributed by atoms with Crippen LogP contribution in [-0.2, 0) is 0 Å². The molecule has 0 aliphatic carbocycles. The van der Waals surface area contributed by atoms with Gasteiger partial charge in [-0.25, -0.2) is 4.39 Å². The lowest BCUT2D eigenvalue weighted by Gasteiger charge is -2.29. The lowest BCUT2D eigenvalue weighted by atomic mass is 10.0. The van der Waals surface area contributed by atoms with Crippen molar-refractivity contribution in [3.05, 3.63) is 65.5 Å². The molecule has 1 amide bonds. The van der Waals surface area contributed by atoms with Gasteiger partial charge in [-0.3, -0.25) is 9.78 Å². The van der Waals surface area contributed by atoms with Gasteiger partial charge < -0.3 is 9.32 Å². The predicted octanol–water partition coefficient (Wildman–Crippen LogP) is 5.03. The fourth-order valence-electron chi connectivity index (χ4n) is 3.79. The number of carbonyl (C=O) groups is 1. The normalized spacial score (nSPS) is 18.1. The number of halogens is 1. The first-order chi connectivity index (χ1) is 12.6. The van der Waals surface area contributed by atoms with Crippen LogP contribution < -0.4 is 0 Å². The Labute approximate surface area is 151 Å². The van der Waals surface area contributed by atoms with Gasteiger partial charge in [0.2, 0.25) is 0 Å². The maximum absolute atomic E-state index is 13.6. The molecule has 1 aliphatic rings. The summed E-state index contributed by atoms with van der Waals surface area (Å²) in [4.78, 5) is 19.8. The van der Waals surface area contributed by atoms with E-state index in [1.165, 1.54) is 12.1 Å². The van der Waals surface area contributed by atoms with E-state index in [9.17, 15) is 9.18 Å². The fourth-order valence-corrected chi connectivity index (χ4v) is 3.79. The second-order valence-electron chi connectivity index (χ2n) is 6.85. The van der Waals surface area contributed by atoms with Crippen LogP contribution in [0, 0.1) is 12.7 Å². The van der Waals surface area contributed by atoms with Crippen molar-refractivity contribution in [2.45, 2.75) is 38.6 Å². The number of aromatic nitrogens is 1. The molecule has 0 unspecified atom stereocenters. The minimum Gasteiger partial charge on any atom is -0.467 e. The van der Waals surface area contributed by atoms with Crippen LogP contribution in [0.15, 0.2) is 47.1 Å². The van der Waals surface area contributed by atoms with Crippen molar-refractivity contribution < 1.29 is 13.6 Å². The van der Waals surface area contributed by atoms with Crippen molar-refractivity contribution in [1.82, 2.24) is 9.88 Å². The first-order valence-corrected chi connectivity index (χ1v) is 9.05. The van der Waals surface area contributed by atoms with Crippen molar-refractivity contribution in [2.24, 2.45) is 0 Å². The smallest absolute Gasteiger partial charge is 0.255 e. The third-order valence-corrected chi connectivity index (χ3v) is 5.02. The van der Waals surface area contributed by atoms with E-state index in [4.69, 9.17) is 4.42 Å². The van der Waals surface area contributed by atoms with Crippen molar-refractivity contribution >= 4 is 16.8 Å². The van der Waals surface area contributed by atoms with Gasteiger partial charge in [0.15, 0.2) is 0 Å². The second kappa shape index (κ2) is 6.90. The van der Waals surface area contributed by atoms with E-state index in [0.29, 0.717) is 28.7 Å². The largest absolute Gasteiger partial charge is 0.467 e. The molecule has 1 fully saturated rings. The summed E-state index contributed by atoms with van der Waals surface area (Å²) in [5.41, 5.74) is 1.79. The maximum Gasteiger partial charge on any atom is 0.255 e. The number of pyridine rings is 1. The van der Waals surface area contributed by atoms with Gasteiger partial charge >= 0.3 is 0 Å². The number of carbonyl (C=O) groups excluding carboxylic acids is 1. The zero-order valence-electron chi connectivity index (χ0n) is 14.7. The highest BCUT2D eigenvalue weighted by Crippen LogP contribution is 2.33. The van der Waals surface area contributed by atoms with E-state index in [2.05, 4.69) is 4.98 Å². The summed E-state index contributed by atoms with van der Waals surface area (Å²) >= 11 is 0. The number of rotatable bonds is 2. The van der Waals surface area contributed by atoms with Gasteiger partial charge in [0.25, 0.3) is 5.91 Å². The summed E-state index contributed by atoms with van der Waals surface area (Å²) in [6.45, 7) is 2.52. The number of hydrogen-bond acceptors (Lipinski definition) is 3. The third kappa shape index (κ3) is 3.09. The average molecular weight is 352 g/mol. The highest BCUT2D eigenvalue weighted by molar-refractivity contribution is 6.06. The van der Waals surface area contributed by atoms with E-state index in [1.807, 2.05) is 24.0 Å². The van der Waals surface area contributed by atoms with Crippen molar-refractivity contribution in [3.8, 4) is 0 Å². The van der Waals surface area contributed by atoms with Crippen molar-refractivity contribution in [1.29, 1.82) is 0 Å². The SMILES string of the molecule is Cc1cc(C(=O)N2CCCCC[C@@H]2c2ccco2)c2ccc(F)cc2n1. The molecule has 4 rings (SSSR count). The highest BCUT2D eigenvalue weighted by Gasteiger charge is 2.30. The molecule has 0 bridgehead atoms. The molecular weight excluding hydrogens is 331 g/mol. The molecule has 26 heavy (non-hydrogen) atoms. The molecule has 1 aromatic carbocycles. The van der Waals surface area contributed by atoms with Crippen LogP contribution in [0.1, 0.15) is 53.5 Å². The average Bonchev–Trinajstić information content (AvgIpc) is 3.04. The number of nitrogens with zero attached hydrogens (tertiary/aromatic N) is 2. The molecule has 0 N–H and O–H groups in total. The van der Waals surface area contributed by atoms with Crippen LogP contribution in [0.3, 0.4) is 0 Å². The number of hydrogen-bond donors (Lipinski definition) is 0. The van der Waals surface area contributed by atoms with Crippen LogP contribution in [0.25, 0.3) is 10.9 Å². The van der Waals surface area contributed by atoms with Crippen molar-refractivity contribution in [3.63, 3.8) is 0 Å². The molecule has 3 heterocycles. The predicted molar refractivity (Wildman–Crippen MR) is 97.4 cm³/mol. The summed E-state index contributed by atoms with van der Waals surface area (Å²) < 4.78 is 19.2. The van der Waals surface area contributed by atoms with Gasteiger partial charge in [-0.15, -0.1) is 0 Å². The number of likely N-dealkylation sites (tertiary alicyclic amines) is 1. The number of amides is 1. The quantitative estimate of drug-likeness (QED) is 0.650. The number of aryl methyl sites for hydroxylation is 1. The van der Waals surface area contributed by atoms with Crippen LogP contribution >= 0.6 is 0 Å². The van der Waals surface area contributed by atoms with Gasteiger partial charge in [0, 0.05) is 23.7 Å². The van der Waals surface area contributed by atoms with E-state index in [-0.39, 0.29) is 17.8 Å². The molecule has 0 spiro atoms. The van der Waals surface area contributed by atoms with Crippen LogP contribution in [0.2, 0.25) is 0 Å². The van der Waals surface area contributed by atoms with Crippen LogP contribution in [0.4, 0.5) is 4.39 Å². The van der Waals surface area contributed by atoms with E-state index < -0.39 is 0 Å². The van der Waals surface area contributed by atoms with Gasteiger partial charge in [-0.1, -0.05) is 12.8 Å². The molecular formula is C21H21FN2O2. The zero-order chi connectivity index (χ0) is 18.1. The van der Waals surface area contributed by atoms with Crippen LogP contribution in [-0.4, -0.2) is 22.3 Å². The Balaban J connectivity index is 1.79. The van der Waals surface area contributed by atoms with Gasteiger partial charge in [0.05, 0.1) is 23.4 Å². The standard InChI is InChI=1S/C21H21FN2O2/c1-14-12-17(16-9-8-15(22)13-18(16)23-14)21(25)24-10-4-2-3-6-19(24)20-7-5-11-26-20/h5,7-9,11-13,19H,2-4,6,10H2,1H3/t19-/m1/s1. The highest BCUT2D eigenvalue weighted by atomic mass is 19.1. The molecule has 1 aliphatic heterocycles. The Hall–Kier alpha value is -2.69. The lowest BCUT2D eigenvalue weighted by molar-refractivity contribution is 0.0660. The minimum absolute atomic E-state index is 0.0459. The summed E-state index contributed by atoms with van der Waals surface area (Å²) in [5.74, 6) is 0.425. The Morgan fingerprint density at radius 2 is 2.12 bits per heavy atom. The van der Waals surface area contributed by atoms with Crippen LogP contribution in [0.5, 0.6) is 0 Å². The number of fused-ring (bicyclic) bond motifs is 1. The number of furan rings is 1. The molecule has 2 aromatic heterocycles. The third-order valence-electron chi connectivity index (χ3n) is 5.02. The second-order valence-corrected chi connectivity index (χ2v) is 6.85. The zero-order valence-corrected chi connectivity index (χ0v) is 14.7. The van der Waals surface area contributed by atoms with E-state index >= 15 is 0 Å². The molecule has 0 saturated carbocycles. The first kappa shape index (κ1) is 16.8. The fraction of sp³-hybridized carbons (Fsp3) is 0.333. The Morgan fingerprint density at radius 1 is 1.23 bits per heavy atom. The number of benzene rings is 1. The molecule has 3 aromatic rings. The monoisotopic (exact) mass is 352 g/mol. The van der Waals surface area contributed by atoms with Crippen molar-refractivity contribution in [2.75, 3.05) is 6.54 Å².